The van der Waals surface area contributed by atoms with Crippen LogP contribution >= 0.6 is 0 Å². The van der Waals surface area contributed by atoms with Crippen LogP contribution in [0.5, 0.6) is 0 Å². The van der Waals surface area contributed by atoms with E-state index in [0.29, 0.717) is 5.69 Å². The fraction of sp³-hybridized carbons (Fsp3) is 0. The fourth-order valence-electron chi connectivity index (χ4n) is 0.627. The van der Waals surface area contributed by atoms with Crippen molar-refractivity contribution < 1.29 is 4.81 Å². The summed E-state index contributed by atoms with van der Waals surface area (Å²) < 4.78 is 0. The van der Waals surface area contributed by atoms with Gasteiger partial charge in [0.2, 0.25) is 0 Å². The van der Waals surface area contributed by atoms with Crippen LogP contribution in [0.4, 0.5) is 5.69 Å². The Bertz CT molecular complexity index is 241. The average molecular weight is 135 g/mol. The van der Waals surface area contributed by atoms with E-state index in [0.717, 1.165) is 4.81 Å². The van der Waals surface area contributed by atoms with E-state index in [-0.39, 0.29) is 0 Å². The Morgan fingerprint density at radius 3 is 2.30 bits per heavy atom. The van der Waals surface area contributed by atoms with Crippen LogP contribution in [0.2, 0.25) is 0 Å². The first-order valence-corrected chi connectivity index (χ1v) is 2.78. The zero-order chi connectivity index (χ0) is 7.40. The van der Waals surface area contributed by atoms with Crippen LogP contribution in [0.25, 0.3) is 0 Å². The van der Waals surface area contributed by atoms with Crippen LogP contribution in [0, 0.1) is 11.1 Å². The highest BCUT2D eigenvalue weighted by Gasteiger charge is 1.98. The zero-order valence-corrected chi connectivity index (χ0v) is 5.28. The Balaban J connectivity index is 2.95. The third-order valence-electron chi connectivity index (χ3n) is 1.10. The molecule has 0 atom stereocenters. The normalized spacial score (nSPS) is 8.80. The molecular formula is C6H7N4+. The molecule has 4 heteroatoms. The molecule has 50 valence electrons. The van der Waals surface area contributed by atoms with Crippen LogP contribution in [-0.4, -0.2) is 4.81 Å². The lowest BCUT2D eigenvalue weighted by Crippen LogP contribution is -1.85. The van der Waals surface area contributed by atoms with Gasteiger partial charge in [-0.1, -0.05) is 18.2 Å². The van der Waals surface area contributed by atoms with E-state index in [1.165, 1.54) is 0 Å². The van der Waals surface area contributed by atoms with Gasteiger partial charge < -0.3 is 0 Å². The second kappa shape index (κ2) is 2.82. The first-order chi connectivity index (χ1) is 4.84. The molecule has 0 bridgehead atoms. The van der Waals surface area contributed by atoms with Crippen molar-refractivity contribution in [3.63, 3.8) is 0 Å². The van der Waals surface area contributed by atoms with E-state index < -0.39 is 0 Å². The maximum Gasteiger partial charge on any atom is 0.181 e. The van der Waals surface area contributed by atoms with Crippen molar-refractivity contribution in [3.8, 4) is 0 Å². The molecule has 4 nitrogen and oxygen atoms in total. The first kappa shape index (κ1) is 6.54. The lowest BCUT2D eigenvalue weighted by atomic mass is 10.3. The van der Waals surface area contributed by atoms with Crippen LogP contribution in [-0.2, 0) is 0 Å². The standard InChI is InChI=1S/C6H7N4/c7-9-10(8)6-4-2-1-3-5-6/h1-5,7-8H/q+1. The predicted molar refractivity (Wildman–Crippen MR) is 34.2 cm³/mol. The lowest BCUT2D eigenvalue weighted by molar-refractivity contribution is -0.552. The van der Waals surface area contributed by atoms with E-state index in [9.17, 15) is 0 Å². The minimum Gasteiger partial charge on any atom is -0.110 e. The summed E-state index contributed by atoms with van der Waals surface area (Å²) in [6.07, 6.45) is 0. The van der Waals surface area contributed by atoms with Gasteiger partial charge in [-0.15, -0.1) is 5.53 Å². The fourth-order valence-corrected chi connectivity index (χ4v) is 0.627. The summed E-state index contributed by atoms with van der Waals surface area (Å²) >= 11 is 0. The third-order valence-corrected chi connectivity index (χ3v) is 1.10. The molecular weight excluding hydrogens is 128 g/mol. The average Bonchev–Trinajstić information content (AvgIpc) is 2.05. The van der Waals surface area contributed by atoms with Gasteiger partial charge >= 0.3 is 0 Å². The molecule has 0 saturated heterocycles. The summed E-state index contributed by atoms with van der Waals surface area (Å²) in [6.45, 7) is 0. The number of rotatable bonds is 2. The summed E-state index contributed by atoms with van der Waals surface area (Å²) in [4.78, 5) is 0.750. The predicted octanol–water partition coefficient (Wildman–Crippen LogP) is 2.31. The molecule has 0 spiro atoms. The molecule has 0 unspecified atom stereocenters. The van der Waals surface area contributed by atoms with E-state index >= 15 is 0 Å². The zero-order valence-electron chi connectivity index (χ0n) is 5.28. The highest BCUT2D eigenvalue weighted by atomic mass is 15.5. The molecule has 0 fully saturated rings. The van der Waals surface area contributed by atoms with Gasteiger partial charge in [0.1, 0.15) is 0 Å². The maximum absolute atomic E-state index is 7.04. The lowest BCUT2D eigenvalue weighted by Gasteiger charge is -1.87. The van der Waals surface area contributed by atoms with Crippen LogP contribution < -0.4 is 0 Å². The van der Waals surface area contributed by atoms with Crippen molar-refractivity contribution in [1.82, 2.24) is 0 Å². The van der Waals surface area contributed by atoms with Gasteiger partial charge in [0.15, 0.2) is 10.9 Å². The number of nitrogens with zero attached hydrogens (tertiary/aromatic N) is 2. The summed E-state index contributed by atoms with van der Waals surface area (Å²) in [5.74, 6) is 0. The van der Waals surface area contributed by atoms with E-state index in [2.05, 4.69) is 5.22 Å². The Kier molecular flexibility index (Phi) is 1.84. The molecule has 0 aliphatic heterocycles. The highest BCUT2D eigenvalue weighted by Crippen LogP contribution is 2.08. The van der Waals surface area contributed by atoms with Crippen molar-refractivity contribution >= 4 is 5.69 Å². The number of nitrogens with one attached hydrogen (secondary N) is 2. The van der Waals surface area contributed by atoms with E-state index in [1.807, 2.05) is 6.07 Å². The van der Waals surface area contributed by atoms with Gasteiger partial charge in [-0.25, -0.2) is 0 Å². The molecule has 0 saturated carbocycles. The van der Waals surface area contributed by atoms with Gasteiger partial charge in [-0.2, -0.15) is 0 Å². The number of benzene rings is 1. The van der Waals surface area contributed by atoms with Crippen molar-refractivity contribution in [1.29, 1.82) is 11.1 Å². The Morgan fingerprint density at radius 2 is 1.80 bits per heavy atom. The quantitative estimate of drug-likeness (QED) is 0.355. The van der Waals surface area contributed by atoms with Gasteiger partial charge in [-0.3, -0.25) is 0 Å². The van der Waals surface area contributed by atoms with Crippen LogP contribution in [0.3, 0.4) is 0 Å². The number of para-hydroxylation sites is 1. The molecule has 0 aliphatic rings. The monoisotopic (exact) mass is 135 g/mol. The Labute approximate surface area is 58.1 Å². The van der Waals surface area contributed by atoms with Crippen molar-refractivity contribution in [2.75, 3.05) is 0 Å². The van der Waals surface area contributed by atoms with E-state index in [1.54, 1.807) is 24.3 Å². The number of hydrogen-bond donors (Lipinski definition) is 2. The number of hydrogen-bond acceptors (Lipinski definition) is 2. The topological polar surface area (TPSA) is 63.1 Å². The molecule has 10 heavy (non-hydrogen) atoms. The SMILES string of the molecule is N=N[N+](=N)c1ccccc1. The second-order valence-corrected chi connectivity index (χ2v) is 1.75. The molecule has 0 radical (unpaired) electrons. The van der Waals surface area contributed by atoms with Gasteiger partial charge in [-0.05, 0) is 16.9 Å². The van der Waals surface area contributed by atoms with Crippen LogP contribution in [0.1, 0.15) is 0 Å². The Morgan fingerprint density at radius 1 is 1.20 bits per heavy atom. The summed E-state index contributed by atoms with van der Waals surface area (Å²) in [5, 5.41) is 2.91. The second-order valence-electron chi connectivity index (χ2n) is 1.75. The highest BCUT2D eigenvalue weighted by molar-refractivity contribution is 5.27. The molecule has 0 aliphatic carbocycles. The van der Waals surface area contributed by atoms with Gasteiger partial charge in [0.05, 0.1) is 0 Å². The molecule has 0 heterocycles. The molecule has 1 aromatic rings. The minimum atomic E-state index is 0.595. The maximum atomic E-state index is 7.04. The first-order valence-electron chi connectivity index (χ1n) is 2.78. The summed E-state index contributed by atoms with van der Waals surface area (Å²) in [7, 11) is 0. The van der Waals surface area contributed by atoms with Crippen LogP contribution in [0.15, 0.2) is 35.6 Å². The summed E-state index contributed by atoms with van der Waals surface area (Å²) in [5.41, 5.74) is 14.1. The minimum absolute atomic E-state index is 0.595. The van der Waals surface area contributed by atoms with Gasteiger partial charge in [0, 0.05) is 5.53 Å². The van der Waals surface area contributed by atoms with Crippen molar-refractivity contribution in [2.45, 2.75) is 0 Å². The summed E-state index contributed by atoms with van der Waals surface area (Å²) in [6, 6.07) is 8.86. The molecule has 1 rings (SSSR count). The molecule has 0 amide bonds. The largest absolute Gasteiger partial charge is 0.181 e. The molecule has 0 aromatic heterocycles. The van der Waals surface area contributed by atoms with Crippen molar-refractivity contribution in [2.24, 2.45) is 5.22 Å². The van der Waals surface area contributed by atoms with E-state index in [4.69, 9.17) is 11.1 Å². The van der Waals surface area contributed by atoms with Gasteiger partial charge in [0.25, 0.3) is 0 Å². The molecule has 2 N–H and O–H groups in total. The smallest absolute Gasteiger partial charge is 0.110 e. The van der Waals surface area contributed by atoms with Crippen molar-refractivity contribution in [3.05, 3.63) is 30.3 Å². The third kappa shape index (κ3) is 1.22. The molecule has 1 aromatic carbocycles. The Hall–Kier alpha value is -1.58.